The standard InChI is InChI=1S/C26H35N5O3/c1-4-19(2)17-31(26(33)20-8-9-20)18-25(32)30-14-12-29(13-15-30)24-11-10-23(27-28-24)21-6-5-7-22(16-21)34-3/h5-7,10-11,16,19-20H,4,8-9,12-15,17-18H2,1-3H3/t19-/m1/s1. The van der Waals surface area contributed by atoms with Gasteiger partial charge in [-0.15, -0.1) is 10.2 Å². The number of benzene rings is 1. The van der Waals surface area contributed by atoms with Crippen molar-refractivity contribution in [2.75, 3.05) is 51.3 Å². The molecule has 0 spiro atoms. The van der Waals surface area contributed by atoms with Crippen LogP contribution >= 0.6 is 0 Å². The molecule has 8 nitrogen and oxygen atoms in total. The first-order valence-electron chi connectivity index (χ1n) is 12.3. The predicted octanol–water partition coefficient (Wildman–Crippen LogP) is 3.09. The van der Waals surface area contributed by atoms with E-state index in [0.29, 0.717) is 38.6 Å². The highest BCUT2D eigenvalue weighted by Gasteiger charge is 2.35. The van der Waals surface area contributed by atoms with E-state index in [1.807, 2.05) is 41.3 Å². The van der Waals surface area contributed by atoms with Crippen LogP contribution in [0.4, 0.5) is 5.82 Å². The Balaban J connectivity index is 1.32. The van der Waals surface area contributed by atoms with E-state index in [2.05, 4.69) is 28.9 Å². The molecule has 1 aliphatic carbocycles. The van der Waals surface area contributed by atoms with Gasteiger partial charge in [0, 0.05) is 44.2 Å². The fraction of sp³-hybridized carbons (Fsp3) is 0.538. The molecule has 2 fully saturated rings. The van der Waals surface area contributed by atoms with Gasteiger partial charge in [-0.1, -0.05) is 32.4 Å². The summed E-state index contributed by atoms with van der Waals surface area (Å²) in [6.07, 6.45) is 2.92. The molecule has 0 N–H and O–H groups in total. The van der Waals surface area contributed by atoms with Crippen LogP contribution in [0.25, 0.3) is 11.3 Å². The second-order valence-corrected chi connectivity index (χ2v) is 9.38. The number of carbonyl (C=O) groups excluding carboxylic acids is 2. The quantitative estimate of drug-likeness (QED) is 0.566. The third-order valence-corrected chi connectivity index (χ3v) is 6.77. The van der Waals surface area contributed by atoms with Crippen molar-refractivity contribution < 1.29 is 14.3 Å². The average molecular weight is 466 g/mol. The molecule has 2 aliphatic rings. The first-order chi connectivity index (χ1) is 16.5. The summed E-state index contributed by atoms with van der Waals surface area (Å²) in [4.78, 5) is 31.5. The third kappa shape index (κ3) is 5.85. The summed E-state index contributed by atoms with van der Waals surface area (Å²) in [7, 11) is 1.65. The summed E-state index contributed by atoms with van der Waals surface area (Å²) in [5, 5.41) is 8.82. The molecular formula is C26H35N5O3. The number of piperazine rings is 1. The van der Waals surface area contributed by atoms with Crippen LogP contribution in [0.1, 0.15) is 33.1 Å². The van der Waals surface area contributed by atoms with Gasteiger partial charge in [0.05, 0.1) is 19.3 Å². The molecule has 0 radical (unpaired) electrons. The minimum absolute atomic E-state index is 0.0383. The first kappa shape index (κ1) is 24.0. The predicted molar refractivity (Wildman–Crippen MR) is 132 cm³/mol. The van der Waals surface area contributed by atoms with Crippen molar-refractivity contribution in [1.82, 2.24) is 20.0 Å². The molecule has 0 unspecified atom stereocenters. The topological polar surface area (TPSA) is 78.9 Å². The minimum atomic E-state index is 0.0383. The first-order valence-corrected chi connectivity index (χ1v) is 12.3. The summed E-state index contributed by atoms with van der Waals surface area (Å²) in [5.41, 5.74) is 1.75. The highest BCUT2D eigenvalue weighted by atomic mass is 16.5. The van der Waals surface area contributed by atoms with Gasteiger partial charge in [0.1, 0.15) is 5.75 Å². The molecule has 4 rings (SSSR count). The maximum absolute atomic E-state index is 13.0. The lowest BCUT2D eigenvalue weighted by molar-refractivity contribution is -0.142. The molecule has 1 saturated carbocycles. The zero-order chi connectivity index (χ0) is 24.1. The van der Waals surface area contributed by atoms with Crippen LogP contribution in [-0.2, 0) is 9.59 Å². The van der Waals surface area contributed by atoms with Crippen molar-refractivity contribution in [1.29, 1.82) is 0 Å². The van der Waals surface area contributed by atoms with Gasteiger partial charge in [0.2, 0.25) is 11.8 Å². The number of methoxy groups -OCH3 is 1. The van der Waals surface area contributed by atoms with Gasteiger partial charge >= 0.3 is 0 Å². The van der Waals surface area contributed by atoms with Crippen LogP contribution in [0.3, 0.4) is 0 Å². The Kier molecular flexibility index (Phi) is 7.65. The number of hydrogen-bond acceptors (Lipinski definition) is 6. The van der Waals surface area contributed by atoms with Crippen molar-refractivity contribution in [2.24, 2.45) is 11.8 Å². The van der Waals surface area contributed by atoms with Crippen LogP contribution in [0.15, 0.2) is 36.4 Å². The third-order valence-electron chi connectivity index (χ3n) is 6.77. The van der Waals surface area contributed by atoms with Gasteiger partial charge in [0.25, 0.3) is 0 Å². The Morgan fingerprint density at radius 3 is 2.50 bits per heavy atom. The second-order valence-electron chi connectivity index (χ2n) is 9.38. The van der Waals surface area contributed by atoms with Crippen molar-refractivity contribution >= 4 is 17.6 Å². The highest BCUT2D eigenvalue weighted by Crippen LogP contribution is 2.31. The number of anilines is 1. The van der Waals surface area contributed by atoms with E-state index in [9.17, 15) is 9.59 Å². The van der Waals surface area contributed by atoms with Gasteiger partial charge in [-0.25, -0.2) is 0 Å². The van der Waals surface area contributed by atoms with Gasteiger partial charge in [-0.2, -0.15) is 0 Å². The molecule has 0 bridgehead atoms. The maximum Gasteiger partial charge on any atom is 0.242 e. The van der Waals surface area contributed by atoms with Crippen molar-refractivity contribution in [3.8, 4) is 17.0 Å². The molecule has 1 aliphatic heterocycles. The number of ether oxygens (including phenoxy) is 1. The Labute approximate surface area is 201 Å². The Morgan fingerprint density at radius 2 is 1.88 bits per heavy atom. The Bertz CT molecular complexity index is 984. The summed E-state index contributed by atoms with van der Waals surface area (Å²) < 4.78 is 5.29. The second kappa shape index (κ2) is 10.8. The Hall–Kier alpha value is -3.16. The fourth-order valence-corrected chi connectivity index (χ4v) is 4.20. The van der Waals surface area contributed by atoms with E-state index in [-0.39, 0.29) is 24.3 Å². The van der Waals surface area contributed by atoms with Gasteiger partial charge in [-0.3, -0.25) is 9.59 Å². The van der Waals surface area contributed by atoms with E-state index in [4.69, 9.17) is 4.74 Å². The largest absolute Gasteiger partial charge is 0.497 e. The fourth-order valence-electron chi connectivity index (χ4n) is 4.20. The number of carbonyl (C=O) groups is 2. The normalized spacial score (nSPS) is 16.8. The molecule has 2 aromatic rings. The SMILES string of the molecule is CC[C@@H](C)CN(CC(=O)N1CCN(c2ccc(-c3cccc(OC)c3)nn2)CC1)C(=O)C1CC1. The number of amides is 2. The number of aromatic nitrogens is 2. The molecule has 1 atom stereocenters. The summed E-state index contributed by atoms with van der Waals surface area (Å²) in [6, 6.07) is 11.7. The molecule has 2 heterocycles. The van der Waals surface area contributed by atoms with Crippen molar-refractivity contribution in [3.63, 3.8) is 0 Å². The Morgan fingerprint density at radius 1 is 1.12 bits per heavy atom. The molecule has 1 aromatic heterocycles. The van der Waals surface area contributed by atoms with Gasteiger partial charge in [0.15, 0.2) is 5.82 Å². The zero-order valence-electron chi connectivity index (χ0n) is 20.4. The van der Waals surface area contributed by atoms with E-state index in [1.54, 1.807) is 12.0 Å². The van der Waals surface area contributed by atoms with E-state index < -0.39 is 0 Å². The molecule has 2 amide bonds. The lowest BCUT2D eigenvalue weighted by atomic mass is 10.1. The monoisotopic (exact) mass is 465 g/mol. The molecule has 182 valence electrons. The molecule has 1 saturated heterocycles. The van der Waals surface area contributed by atoms with Crippen LogP contribution in [0.5, 0.6) is 5.75 Å². The average Bonchev–Trinajstić information content (AvgIpc) is 3.73. The van der Waals surface area contributed by atoms with Crippen LogP contribution in [-0.4, -0.2) is 78.2 Å². The highest BCUT2D eigenvalue weighted by molar-refractivity contribution is 5.87. The zero-order valence-corrected chi connectivity index (χ0v) is 20.4. The molecular weight excluding hydrogens is 430 g/mol. The summed E-state index contributed by atoms with van der Waals surface area (Å²) >= 11 is 0. The van der Waals surface area contributed by atoms with Gasteiger partial charge < -0.3 is 19.4 Å². The summed E-state index contributed by atoms with van der Waals surface area (Å²) in [6.45, 7) is 7.73. The van der Waals surface area contributed by atoms with Crippen molar-refractivity contribution in [2.45, 2.75) is 33.1 Å². The van der Waals surface area contributed by atoms with Crippen LogP contribution < -0.4 is 9.64 Å². The van der Waals surface area contributed by atoms with Crippen LogP contribution in [0, 0.1) is 11.8 Å². The number of rotatable bonds is 9. The van der Waals surface area contributed by atoms with Crippen molar-refractivity contribution in [3.05, 3.63) is 36.4 Å². The smallest absolute Gasteiger partial charge is 0.242 e. The van der Waals surface area contributed by atoms with E-state index >= 15 is 0 Å². The minimum Gasteiger partial charge on any atom is -0.497 e. The van der Waals surface area contributed by atoms with Gasteiger partial charge in [-0.05, 0) is 43.0 Å². The molecule has 8 heteroatoms. The van der Waals surface area contributed by atoms with E-state index in [1.165, 1.54) is 0 Å². The lowest BCUT2D eigenvalue weighted by Crippen LogP contribution is -2.52. The lowest BCUT2D eigenvalue weighted by Gasteiger charge is -2.36. The van der Waals surface area contributed by atoms with Crippen LogP contribution in [0.2, 0.25) is 0 Å². The van der Waals surface area contributed by atoms with E-state index in [0.717, 1.165) is 42.1 Å². The number of hydrogen-bond donors (Lipinski definition) is 0. The summed E-state index contributed by atoms with van der Waals surface area (Å²) in [5.74, 6) is 2.31. The maximum atomic E-state index is 13.0. The molecule has 34 heavy (non-hydrogen) atoms. The number of nitrogens with zero attached hydrogens (tertiary/aromatic N) is 5. The molecule has 1 aromatic carbocycles.